The molecule has 7 heteroatoms. The van der Waals surface area contributed by atoms with E-state index in [-0.39, 0.29) is 38.4 Å². The van der Waals surface area contributed by atoms with E-state index in [9.17, 15) is 23.1 Å². The Labute approximate surface area is 139 Å². The van der Waals surface area contributed by atoms with Crippen LogP contribution < -0.4 is 4.74 Å². The Morgan fingerprint density at radius 1 is 1.29 bits per heavy atom. The number of hydrogen-bond acceptors (Lipinski definition) is 3. The molecule has 4 nitrogen and oxygen atoms in total. The smallest absolute Gasteiger partial charge is 0.414 e. The summed E-state index contributed by atoms with van der Waals surface area (Å²) in [7, 11) is 0. The van der Waals surface area contributed by atoms with Gasteiger partial charge in [0, 0.05) is 13.1 Å². The summed E-state index contributed by atoms with van der Waals surface area (Å²) in [5, 5.41) is 9.28. The molecule has 0 aromatic heterocycles. The Hall–Kier alpha value is -1.76. The third-order valence-corrected chi connectivity index (χ3v) is 4.51. The van der Waals surface area contributed by atoms with E-state index in [1.807, 2.05) is 26.0 Å². The van der Waals surface area contributed by atoms with Crippen molar-refractivity contribution in [1.29, 1.82) is 0 Å². The normalized spacial score (nSPS) is 17.7. The van der Waals surface area contributed by atoms with Crippen molar-refractivity contribution in [2.45, 2.75) is 39.0 Å². The molecule has 134 valence electrons. The van der Waals surface area contributed by atoms with Crippen molar-refractivity contribution in [2.24, 2.45) is 5.92 Å². The Balaban J connectivity index is 1.81. The van der Waals surface area contributed by atoms with Gasteiger partial charge in [0.25, 0.3) is 5.91 Å². The quantitative estimate of drug-likeness (QED) is 0.913. The largest absolute Gasteiger partial charge is 0.484 e. The number of rotatable bonds is 4. The van der Waals surface area contributed by atoms with E-state index in [1.54, 1.807) is 6.07 Å². The fraction of sp³-hybridized carbons (Fsp3) is 0.588. The highest BCUT2D eigenvalue weighted by Gasteiger charge is 2.44. The van der Waals surface area contributed by atoms with E-state index in [0.717, 1.165) is 11.1 Å². The minimum Gasteiger partial charge on any atom is -0.484 e. The lowest BCUT2D eigenvalue weighted by atomic mass is 9.91. The van der Waals surface area contributed by atoms with Crippen molar-refractivity contribution in [1.82, 2.24) is 4.90 Å². The van der Waals surface area contributed by atoms with E-state index < -0.39 is 18.2 Å². The highest BCUT2D eigenvalue weighted by atomic mass is 19.4. The molecule has 1 atom stereocenters. The van der Waals surface area contributed by atoms with Crippen molar-refractivity contribution in [2.75, 3.05) is 19.7 Å². The molecule has 0 aliphatic carbocycles. The summed E-state index contributed by atoms with van der Waals surface area (Å²) in [6.45, 7) is 4.18. The van der Waals surface area contributed by atoms with Gasteiger partial charge in [-0.1, -0.05) is 6.07 Å². The molecule has 1 aliphatic heterocycles. The number of carbonyl (C=O) groups is 1. The van der Waals surface area contributed by atoms with Gasteiger partial charge in [-0.3, -0.25) is 4.79 Å². The topological polar surface area (TPSA) is 49.8 Å². The first kappa shape index (κ1) is 18.6. The molecule has 1 saturated heterocycles. The van der Waals surface area contributed by atoms with Gasteiger partial charge in [0.05, 0.1) is 0 Å². The van der Waals surface area contributed by atoms with E-state index in [4.69, 9.17) is 4.74 Å². The molecule has 0 saturated carbocycles. The summed E-state index contributed by atoms with van der Waals surface area (Å²) in [6.07, 6.45) is -6.66. The first-order valence-electron chi connectivity index (χ1n) is 7.91. The van der Waals surface area contributed by atoms with E-state index in [2.05, 4.69) is 0 Å². The molecule has 1 aromatic rings. The standard InChI is InChI=1S/C17H22F3NO3/c1-11-3-4-14(9-12(11)2)24-10-15(22)21-7-5-13(6-8-21)16(23)17(18,19)20/h3-4,9,13,16,23H,5-8,10H2,1-2H3. The first-order chi connectivity index (χ1) is 11.2. The minimum absolute atomic E-state index is 0.135. The fourth-order valence-corrected chi connectivity index (χ4v) is 2.77. The van der Waals surface area contributed by atoms with Crippen molar-refractivity contribution < 1.29 is 27.8 Å². The molecule has 1 amide bonds. The number of alkyl halides is 3. The average molecular weight is 345 g/mol. The van der Waals surface area contributed by atoms with Crippen LogP contribution in [0.1, 0.15) is 24.0 Å². The SMILES string of the molecule is Cc1ccc(OCC(=O)N2CCC(C(O)C(F)(F)F)CC2)cc1C. The lowest BCUT2D eigenvalue weighted by Gasteiger charge is -2.34. The maximum atomic E-state index is 12.5. The maximum Gasteiger partial charge on any atom is 0.414 e. The lowest BCUT2D eigenvalue weighted by Crippen LogP contribution is -2.46. The second-order valence-corrected chi connectivity index (χ2v) is 6.24. The molecule has 0 bridgehead atoms. The van der Waals surface area contributed by atoms with Gasteiger partial charge in [-0.2, -0.15) is 13.2 Å². The number of likely N-dealkylation sites (tertiary alicyclic amines) is 1. The number of benzene rings is 1. The molecule has 1 fully saturated rings. The number of piperidine rings is 1. The number of nitrogens with zero attached hydrogens (tertiary/aromatic N) is 1. The summed E-state index contributed by atoms with van der Waals surface area (Å²) in [5.41, 5.74) is 2.18. The molecule has 1 aliphatic rings. The van der Waals surface area contributed by atoms with Crippen molar-refractivity contribution in [3.05, 3.63) is 29.3 Å². The van der Waals surface area contributed by atoms with Crippen LogP contribution in [0.15, 0.2) is 18.2 Å². The van der Waals surface area contributed by atoms with E-state index >= 15 is 0 Å². The molecule has 24 heavy (non-hydrogen) atoms. The van der Waals surface area contributed by atoms with Crippen molar-refractivity contribution >= 4 is 5.91 Å². The Morgan fingerprint density at radius 2 is 1.92 bits per heavy atom. The Morgan fingerprint density at radius 3 is 2.46 bits per heavy atom. The predicted molar refractivity (Wildman–Crippen MR) is 82.8 cm³/mol. The van der Waals surface area contributed by atoms with Crippen LogP contribution in [0.5, 0.6) is 5.75 Å². The second kappa shape index (κ2) is 7.42. The average Bonchev–Trinajstić information content (AvgIpc) is 2.54. The summed E-state index contributed by atoms with van der Waals surface area (Å²) in [6, 6.07) is 5.52. The number of aryl methyl sites for hydroxylation is 2. The van der Waals surface area contributed by atoms with E-state index in [1.165, 1.54) is 4.90 Å². The molecule has 1 heterocycles. The van der Waals surface area contributed by atoms with Crippen molar-refractivity contribution in [3.8, 4) is 5.75 Å². The van der Waals surface area contributed by atoms with Gasteiger partial charge in [0.1, 0.15) is 5.75 Å². The molecule has 2 rings (SSSR count). The Kier molecular flexibility index (Phi) is 5.74. The summed E-state index contributed by atoms with van der Waals surface area (Å²) < 4.78 is 43.0. The number of carbonyl (C=O) groups excluding carboxylic acids is 1. The van der Waals surface area contributed by atoms with Crippen LogP contribution in [-0.4, -0.2) is 47.9 Å². The van der Waals surface area contributed by atoms with E-state index in [0.29, 0.717) is 5.75 Å². The summed E-state index contributed by atoms with van der Waals surface area (Å²) in [4.78, 5) is 13.6. The third-order valence-electron chi connectivity index (χ3n) is 4.51. The zero-order valence-electron chi connectivity index (χ0n) is 13.8. The molecule has 1 unspecified atom stereocenters. The predicted octanol–water partition coefficient (Wildman–Crippen LogP) is 2.84. The van der Waals surface area contributed by atoms with Crippen LogP contribution in [-0.2, 0) is 4.79 Å². The summed E-state index contributed by atoms with van der Waals surface area (Å²) >= 11 is 0. The second-order valence-electron chi connectivity index (χ2n) is 6.24. The van der Waals surface area contributed by atoms with Gasteiger partial charge < -0.3 is 14.7 Å². The highest BCUT2D eigenvalue weighted by Crippen LogP contribution is 2.31. The molecular weight excluding hydrogens is 323 g/mol. The number of aliphatic hydroxyl groups is 1. The van der Waals surface area contributed by atoms with Crippen LogP contribution >= 0.6 is 0 Å². The Bertz CT molecular complexity index is 581. The van der Waals surface area contributed by atoms with Gasteiger partial charge in [0.15, 0.2) is 12.7 Å². The summed E-state index contributed by atoms with van der Waals surface area (Å²) in [5.74, 6) is -0.517. The molecular formula is C17H22F3NO3. The van der Waals surface area contributed by atoms with Gasteiger partial charge in [0.2, 0.25) is 0 Å². The van der Waals surface area contributed by atoms with Crippen LogP contribution in [0.4, 0.5) is 13.2 Å². The molecule has 1 N–H and O–H groups in total. The van der Waals surface area contributed by atoms with Crippen LogP contribution in [0.2, 0.25) is 0 Å². The zero-order valence-corrected chi connectivity index (χ0v) is 13.8. The zero-order chi connectivity index (χ0) is 17.9. The fourth-order valence-electron chi connectivity index (χ4n) is 2.77. The number of hydrogen-bond donors (Lipinski definition) is 1. The van der Waals surface area contributed by atoms with Gasteiger partial charge in [-0.15, -0.1) is 0 Å². The van der Waals surface area contributed by atoms with Crippen LogP contribution in [0, 0.1) is 19.8 Å². The minimum atomic E-state index is -4.61. The molecule has 0 spiro atoms. The molecule has 1 aromatic carbocycles. The van der Waals surface area contributed by atoms with Crippen molar-refractivity contribution in [3.63, 3.8) is 0 Å². The van der Waals surface area contributed by atoms with Crippen LogP contribution in [0.3, 0.4) is 0 Å². The number of ether oxygens (including phenoxy) is 1. The van der Waals surface area contributed by atoms with Crippen LogP contribution in [0.25, 0.3) is 0 Å². The number of amides is 1. The number of halogens is 3. The third kappa shape index (κ3) is 4.63. The van der Waals surface area contributed by atoms with Gasteiger partial charge in [-0.05, 0) is 55.9 Å². The maximum absolute atomic E-state index is 12.5. The first-order valence-corrected chi connectivity index (χ1v) is 7.91. The molecule has 0 radical (unpaired) electrons. The monoisotopic (exact) mass is 345 g/mol. The number of aliphatic hydroxyl groups excluding tert-OH is 1. The highest BCUT2D eigenvalue weighted by molar-refractivity contribution is 5.77. The van der Waals surface area contributed by atoms with Gasteiger partial charge in [-0.25, -0.2) is 0 Å². The lowest BCUT2D eigenvalue weighted by molar-refractivity contribution is -0.223. The van der Waals surface area contributed by atoms with Gasteiger partial charge >= 0.3 is 6.18 Å².